The molecule has 0 atom stereocenters. The quantitative estimate of drug-likeness (QED) is 0.855. The first-order chi connectivity index (χ1) is 8.39. The highest BCUT2D eigenvalue weighted by molar-refractivity contribution is 5.91. The largest absolute Gasteiger partial charge is 0.417 e. The molecule has 0 aliphatic heterocycles. The van der Waals surface area contributed by atoms with Crippen molar-refractivity contribution >= 4 is 5.91 Å². The molecule has 0 aliphatic carbocycles. The highest BCUT2D eigenvalue weighted by Crippen LogP contribution is 2.35. The molecule has 0 bridgehead atoms. The molecule has 2 aromatic heterocycles. The number of amides is 1. The zero-order valence-electron chi connectivity index (χ0n) is 8.82. The van der Waals surface area contributed by atoms with Crippen LogP contribution >= 0.6 is 0 Å². The van der Waals surface area contributed by atoms with Gasteiger partial charge in [0, 0.05) is 18.0 Å². The maximum atomic E-state index is 12.7. The molecule has 2 rings (SSSR count). The summed E-state index contributed by atoms with van der Waals surface area (Å²) in [5.74, 6) is -0.907. The van der Waals surface area contributed by atoms with Crippen LogP contribution in [0.25, 0.3) is 11.4 Å². The number of nitrogens with two attached hydrogens (primary N) is 1. The third-order valence-electron chi connectivity index (χ3n) is 2.22. The number of rotatable bonds is 2. The van der Waals surface area contributed by atoms with Crippen molar-refractivity contribution in [3.05, 3.63) is 35.9 Å². The summed E-state index contributed by atoms with van der Waals surface area (Å²) in [5.41, 5.74) is 3.79. The number of nitrogens with one attached hydrogen (secondary N) is 1. The molecule has 94 valence electrons. The smallest absolute Gasteiger partial charge is 0.364 e. The van der Waals surface area contributed by atoms with E-state index in [4.69, 9.17) is 5.73 Å². The fraction of sp³-hybridized carbons (Fsp3) is 0.100. The van der Waals surface area contributed by atoms with E-state index in [0.29, 0.717) is 0 Å². The van der Waals surface area contributed by atoms with Gasteiger partial charge in [-0.05, 0) is 6.07 Å². The third-order valence-corrected chi connectivity index (χ3v) is 2.22. The maximum absolute atomic E-state index is 12.7. The van der Waals surface area contributed by atoms with Crippen LogP contribution in [0.2, 0.25) is 0 Å². The van der Waals surface area contributed by atoms with E-state index in [1.54, 1.807) is 0 Å². The van der Waals surface area contributed by atoms with Gasteiger partial charge < -0.3 is 10.7 Å². The van der Waals surface area contributed by atoms with E-state index in [0.717, 1.165) is 24.7 Å². The van der Waals surface area contributed by atoms with E-state index in [1.165, 1.54) is 0 Å². The van der Waals surface area contributed by atoms with E-state index in [-0.39, 0.29) is 17.1 Å². The molecule has 5 nitrogen and oxygen atoms in total. The van der Waals surface area contributed by atoms with Gasteiger partial charge in [-0.25, -0.2) is 4.98 Å². The molecule has 0 spiro atoms. The van der Waals surface area contributed by atoms with Gasteiger partial charge in [0.15, 0.2) is 0 Å². The molecule has 2 aromatic rings. The number of carbonyl (C=O) groups excluding carboxylic acids is 1. The molecule has 0 aromatic carbocycles. The van der Waals surface area contributed by atoms with Gasteiger partial charge in [-0.3, -0.25) is 9.78 Å². The van der Waals surface area contributed by atoms with Gasteiger partial charge in [0.1, 0.15) is 11.5 Å². The Morgan fingerprint density at radius 3 is 2.61 bits per heavy atom. The number of aromatic amines is 1. The zero-order chi connectivity index (χ0) is 13.3. The fourth-order valence-corrected chi connectivity index (χ4v) is 1.41. The van der Waals surface area contributed by atoms with Crippen molar-refractivity contribution in [3.8, 4) is 11.4 Å². The summed E-state index contributed by atoms with van der Waals surface area (Å²) in [5, 5.41) is 0. The first kappa shape index (κ1) is 12.1. The minimum Gasteiger partial charge on any atom is -0.364 e. The van der Waals surface area contributed by atoms with Crippen molar-refractivity contribution in [2.24, 2.45) is 5.73 Å². The maximum Gasteiger partial charge on any atom is 0.417 e. The Hall–Kier alpha value is -2.38. The third kappa shape index (κ3) is 2.17. The molecule has 2 heterocycles. The summed E-state index contributed by atoms with van der Waals surface area (Å²) in [4.78, 5) is 20.6. The Morgan fingerprint density at radius 1 is 1.33 bits per heavy atom. The first-order valence-electron chi connectivity index (χ1n) is 4.76. The number of alkyl halides is 3. The summed E-state index contributed by atoms with van der Waals surface area (Å²) in [6.45, 7) is 0. The molecule has 0 fully saturated rings. The predicted molar refractivity (Wildman–Crippen MR) is 55.3 cm³/mol. The average Bonchev–Trinajstić information content (AvgIpc) is 2.77. The monoisotopic (exact) mass is 256 g/mol. The number of hydrogen-bond donors (Lipinski definition) is 2. The van der Waals surface area contributed by atoms with E-state index in [9.17, 15) is 18.0 Å². The van der Waals surface area contributed by atoms with Crippen molar-refractivity contribution < 1.29 is 18.0 Å². The lowest BCUT2D eigenvalue weighted by atomic mass is 10.1. The van der Waals surface area contributed by atoms with Crippen molar-refractivity contribution in [2.45, 2.75) is 6.18 Å². The number of aromatic nitrogens is 3. The second-order valence-electron chi connectivity index (χ2n) is 3.43. The van der Waals surface area contributed by atoms with Gasteiger partial charge >= 0.3 is 6.18 Å². The predicted octanol–water partition coefficient (Wildman–Crippen LogP) is 1.59. The lowest BCUT2D eigenvalue weighted by Crippen LogP contribution is -2.11. The van der Waals surface area contributed by atoms with Gasteiger partial charge in [-0.2, -0.15) is 13.2 Å². The summed E-state index contributed by atoms with van der Waals surface area (Å²) in [7, 11) is 0. The average molecular weight is 256 g/mol. The van der Waals surface area contributed by atoms with Crippen molar-refractivity contribution in [3.63, 3.8) is 0 Å². The molecule has 18 heavy (non-hydrogen) atoms. The number of H-pyrrole nitrogens is 1. The Labute approximate surface area is 98.9 Å². The van der Waals surface area contributed by atoms with Crippen LogP contribution < -0.4 is 5.73 Å². The molecule has 0 aliphatic rings. The number of pyridine rings is 1. The molecule has 1 amide bonds. The van der Waals surface area contributed by atoms with E-state index < -0.39 is 17.6 Å². The van der Waals surface area contributed by atoms with Gasteiger partial charge in [0.05, 0.1) is 11.8 Å². The standard InChI is InChI=1S/C10H7F3N4O/c11-10(12,13)6-1-2-15-3-5(6)9-16-4-7(17-9)8(14)18/h1-4H,(H2,14,18)(H,16,17). The molecule has 0 unspecified atom stereocenters. The first-order valence-corrected chi connectivity index (χ1v) is 4.76. The summed E-state index contributed by atoms with van der Waals surface area (Å²) in [6.07, 6.45) is -1.40. The normalized spacial score (nSPS) is 11.5. The number of carbonyl (C=O) groups is 1. The van der Waals surface area contributed by atoms with Crippen LogP contribution in [0.3, 0.4) is 0 Å². The van der Waals surface area contributed by atoms with Crippen LogP contribution in [-0.4, -0.2) is 20.9 Å². The Morgan fingerprint density at radius 2 is 2.06 bits per heavy atom. The fourth-order valence-electron chi connectivity index (χ4n) is 1.41. The van der Waals surface area contributed by atoms with E-state index in [2.05, 4.69) is 15.0 Å². The number of nitrogens with zero attached hydrogens (tertiary/aromatic N) is 2. The summed E-state index contributed by atoms with van der Waals surface area (Å²) in [6, 6.07) is 0.835. The highest BCUT2D eigenvalue weighted by atomic mass is 19.4. The van der Waals surface area contributed by atoms with Gasteiger partial charge in [-0.1, -0.05) is 0 Å². The zero-order valence-corrected chi connectivity index (χ0v) is 8.82. The Kier molecular flexibility index (Phi) is 2.77. The molecular formula is C10H7F3N4O. The molecule has 0 radical (unpaired) electrons. The van der Waals surface area contributed by atoms with Gasteiger partial charge in [-0.15, -0.1) is 0 Å². The molecule has 0 saturated heterocycles. The van der Waals surface area contributed by atoms with Crippen LogP contribution in [0.15, 0.2) is 24.7 Å². The minimum absolute atomic E-state index is 0.0676. The summed E-state index contributed by atoms with van der Waals surface area (Å²) < 4.78 is 38.2. The van der Waals surface area contributed by atoms with Crippen LogP contribution in [0.4, 0.5) is 13.2 Å². The second kappa shape index (κ2) is 4.13. The minimum atomic E-state index is -4.53. The van der Waals surface area contributed by atoms with Crippen molar-refractivity contribution in [2.75, 3.05) is 0 Å². The molecular weight excluding hydrogens is 249 g/mol. The van der Waals surface area contributed by atoms with Crippen LogP contribution in [0.1, 0.15) is 16.1 Å². The number of primary amides is 1. The Balaban J connectivity index is 2.53. The molecule has 3 N–H and O–H groups in total. The molecule has 8 heteroatoms. The Bertz CT molecular complexity index is 591. The van der Waals surface area contributed by atoms with Crippen molar-refractivity contribution in [1.82, 2.24) is 15.0 Å². The number of imidazole rings is 1. The van der Waals surface area contributed by atoms with Gasteiger partial charge in [0.25, 0.3) is 5.91 Å². The lowest BCUT2D eigenvalue weighted by Gasteiger charge is -2.09. The van der Waals surface area contributed by atoms with E-state index >= 15 is 0 Å². The van der Waals surface area contributed by atoms with Crippen molar-refractivity contribution in [1.29, 1.82) is 0 Å². The lowest BCUT2D eigenvalue weighted by molar-refractivity contribution is -0.137. The topological polar surface area (TPSA) is 84.7 Å². The number of halogens is 3. The highest BCUT2D eigenvalue weighted by Gasteiger charge is 2.34. The molecule has 0 saturated carbocycles. The SMILES string of the molecule is NC(=O)c1cnc(-c2cnccc2C(F)(F)F)[nH]1. The van der Waals surface area contributed by atoms with Gasteiger partial charge in [0.2, 0.25) is 0 Å². The van der Waals surface area contributed by atoms with Crippen LogP contribution in [0, 0.1) is 0 Å². The van der Waals surface area contributed by atoms with Crippen LogP contribution in [0.5, 0.6) is 0 Å². The van der Waals surface area contributed by atoms with E-state index in [1.807, 2.05) is 0 Å². The summed E-state index contributed by atoms with van der Waals surface area (Å²) >= 11 is 0. The number of hydrogen-bond acceptors (Lipinski definition) is 3. The second-order valence-corrected chi connectivity index (χ2v) is 3.43. The van der Waals surface area contributed by atoms with Crippen LogP contribution in [-0.2, 0) is 6.18 Å².